The number of hydrogen-bond donors (Lipinski definition) is 1. The zero-order valence-corrected chi connectivity index (χ0v) is 7.91. The molecule has 2 nitrogen and oxygen atoms in total. The van der Waals surface area contributed by atoms with Crippen molar-refractivity contribution in [2.24, 2.45) is 0 Å². The van der Waals surface area contributed by atoms with Gasteiger partial charge in [0.25, 0.3) is 0 Å². The van der Waals surface area contributed by atoms with Gasteiger partial charge in [0.1, 0.15) is 0 Å². The van der Waals surface area contributed by atoms with Crippen LogP contribution in [0.5, 0.6) is 0 Å². The van der Waals surface area contributed by atoms with E-state index in [-0.39, 0.29) is 0 Å². The second kappa shape index (κ2) is 4.64. The molecule has 1 heterocycles. The van der Waals surface area contributed by atoms with E-state index in [9.17, 15) is 5.11 Å². The molecule has 0 fully saturated rings. The molecule has 1 aromatic heterocycles. The molecule has 0 saturated heterocycles. The third-order valence-electron chi connectivity index (χ3n) is 1.89. The maximum Gasteiger partial charge on any atom is 0.0902 e. The number of hydrogen-bond acceptors (Lipinski definition) is 2. The summed E-state index contributed by atoms with van der Waals surface area (Å²) in [5, 5.41) is 9.70. The van der Waals surface area contributed by atoms with Gasteiger partial charge in [-0.3, -0.25) is 4.98 Å². The fourth-order valence-corrected chi connectivity index (χ4v) is 1.17. The number of nitrogens with zero attached hydrogens (tertiary/aromatic N) is 1. The largest absolute Gasteiger partial charge is 0.387 e. The lowest BCUT2D eigenvalue weighted by molar-refractivity contribution is 0.183. The molecule has 0 aromatic carbocycles. The van der Waals surface area contributed by atoms with E-state index in [2.05, 4.69) is 16.8 Å². The van der Waals surface area contributed by atoms with Gasteiger partial charge >= 0.3 is 0 Å². The number of aliphatic hydroxyl groups is 1. The number of aliphatic hydroxyl groups excluding tert-OH is 1. The number of pyridine rings is 1. The van der Waals surface area contributed by atoms with E-state index in [0.29, 0.717) is 6.42 Å². The molecule has 0 bridgehead atoms. The summed E-state index contributed by atoms with van der Waals surface area (Å²) in [7, 11) is 0. The van der Waals surface area contributed by atoms with Crippen LogP contribution in [0.25, 0.3) is 0 Å². The van der Waals surface area contributed by atoms with E-state index in [1.165, 1.54) is 0 Å². The Bertz CT molecular complexity index is 335. The minimum absolute atomic E-state index is 0.487. The fraction of sp³-hybridized carbons (Fsp3) is 0.364. The standard InChI is InChI=1S/C11H13NO/c1-3-4-5-11(13)10-6-7-12-8-9(10)2/h6-8,11,13H,5H2,1-2H3. The molecular formula is C11H13NO. The number of aromatic nitrogens is 1. The van der Waals surface area contributed by atoms with Crippen LogP contribution in [0.1, 0.15) is 30.6 Å². The van der Waals surface area contributed by atoms with E-state index >= 15 is 0 Å². The summed E-state index contributed by atoms with van der Waals surface area (Å²) in [4.78, 5) is 3.96. The summed E-state index contributed by atoms with van der Waals surface area (Å²) in [5.41, 5.74) is 1.92. The molecule has 0 aliphatic carbocycles. The van der Waals surface area contributed by atoms with Crippen molar-refractivity contribution >= 4 is 0 Å². The molecule has 1 rings (SSSR count). The maximum absolute atomic E-state index is 9.70. The molecule has 1 N–H and O–H groups in total. The molecule has 0 amide bonds. The van der Waals surface area contributed by atoms with E-state index in [4.69, 9.17) is 0 Å². The SMILES string of the molecule is CC#CCC(O)c1ccncc1C. The quantitative estimate of drug-likeness (QED) is 0.696. The smallest absolute Gasteiger partial charge is 0.0902 e. The van der Waals surface area contributed by atoms with Crippen molar-refractivity contribution in [3.63, 3.8) is 0 Å². The van der Waals surface area contributed by atoms with E-state index < -0.39 is 6.10 Å². The van der Waals surface area contributed by atoms with E-state index in [1.54, 1.807) is 19.3 Å². The van der Waals surface area contributed by atoms with Gasteiger partial charge in [0.15, 0.2) is 0 Å². The van der Waals surface area contributed by atoms with Crippen LogP contribution < -0.4 is 0 Å². The molecule has 0 saturated carbocycles. The van der Waals surface area contributed by atoms with Crippen LogP contribution in [0.2, 0.25) is 0 Å². The van der Waals surface area contributed by atoms with E-state index in [0.717, 1.165) is 11.1 Å². The van der Waals surface area contributed by atoms with Gasteiger partial charge in [0.2, 0.25) is 0 Å². The van der Waals surface area contributed by atoms with E-state index in [1.807, 2.05) is 13.0 Å². The molecular weight excluding hydrogens is 162 g/mol. The van der Waals surface area contributed by atoms with Gasteiger partial charge in [0.05, 0.1) is 6.10 Å². The van der Waals surface area contributed by atoms with Gasteiger partial charge in [-0.15, -0.1) is 11.8 Å². The Kier molecular flexibility index (Phi) is 3.48. The van der Waals surface area contributed by atoms with Crippen molar-refractivity contribution in [1.29, 1.82) is 0 Å². The third-order valence-corrected chi connectivity index (χ3v) is 1.89. The van der Waals surface area contributed by atoms with Crippen LogP contribution in [-0.4, -0.2) is 10.1 Å². The summed E-state index contributed by atoms with van der Waals surface area (Å²) >= 11 is 0. The normalized spacial score (nSPS) is 11.6. The Labute approximate surface area is 78.6 Å². The van der Waals surface area contributed by atoms with Crippen LogP contribution in [0.4, 0.5) is 0 Å². The van der Waals surface area contributed by atoms with Crippen molar-refractivity contribution in [3.8, 4) is 11.8 Å². The van der Waals surface area contributed by atoms with Gasteiger partial charge in [-0.25, -0.2) is 0 Å². The average Bonchev–Trinajstić information content (AvgIpc) is 2.15. The first kappa shape index (κ1) is 9.76. The minimum Gasteiger partial charge on any atom is -0.387 e. The molecule has 0 aliphatic heterocycles. The number of rotatable bonds is 2. The Morgan fingerprint density at radius 1 is 1.62 bits per heavy atom. The molecule has 2 heteroatoms. The zero-order valence-electron chi connectivity index (χ0n) is 7.91. The minimum atomic E-state index is -0.490. The first-order valence-electron chi connectivity index (χ1n) is 4.24. The summed E-state index contributed by atoms with van der Waals surface area (Å²) < 4.78 is 0. The zero-order chi connectivity index (χ0) is 9.68. The lowest BCUT2D eigenvalue weighted by atomic mass is 10.0. The third kappa shape index (κ3) is 2.57. The second-order valence-corrected chi connectivity index (χ2v) is 2.88. The fourth-order valence-electron chi connectivity index (χ4n) is 1.17. The van der Waals surface area contributed by atoms with Crippen LogP contribution in [0.3, 0.4) is 0 Å². The van der Waals surface area contributed by atoms with Crippen molar-refractivity contribution in [2.45, 2.75) is 26.4 Å². The molecule has 68 valence electrons. The first-order valence-corrected chi connectivity index (χ1v) is 4.24. The summed E-state index contributed by atoms with van der Waals surface area (Å²) in [6.07, 6.45) is 3.43. The van der Waals surface area contributed by atoms with Crippen LogP contribution in [0, 0.1) is 18.8 Å². The van der Waals surface area contributed by atoms with Gasteiger partial charge in [-0.05, 0) is 31.0 Å². The van der Waals surface area contributed by atoms with Gasteiger partial charge < -0.3 is 5.11 Å². The Morgan fingerprint density at radius 3 is 3.00 bits per heavy atom. The van der Waals surface area contributed by atoms with Crippen molar-refractivity contribution in [1.82, 2.24) is 4.98 Å². The molecule has 0 spiro atoms. The second-order valence-electron chi connectivity index (χ2n) is 2.88. The highest BCUT2D eigenvalue weighted by Crippen LogP contribution is 2.18. The van der Waals surface area contributed by atoms with Gasteiger partial charge in [-0.2, -0.15) is 0 Å². The van der Waals surface area contributed by atoms with Gasteiger partial charge in [0, 0.05) is 18.8 Å². The Morgan fingerprint density at radius 2 is 2.38 bits per heavy atom. The highest BCUT2D eigenvalue weighted by atomic mass is 16.3. The van der Waals surface area contributed by atoms with Crippen molar-refractivity contribution < 1.29 is 5.11 Å². The monoisotopic (exact) mass is 175 g/mol. The molecule has 1 atom stereocenters. The summed E-state index contributed by atoms with van der Waals surface area (Å²) in [5.74, 6) is 5.62. The summed E-state index contributed by atoms with van der Waals surface area (Å²) in [6, 6.07) is 1.83. The van der Waals surface area contributed by atoms with Gasteiger partial charge in [-0.1, -0.05) is 0 Å². The van der Waals surface area contributed by atoms with Crippen molar-refractivity contribution in [3.05, 3.63) is 29.6 Å². The first-order chi connectivity index (χ1) is 6.25. The Balaban J connectivity index is 2.80. The highest BCUT2D eigenvalue weighted by molar-refractivity contribution is 5.25. The molecule has 0 aliphatic rings. The maximum atomic E-state index is 9.70. The topological polar surface area (TPSA) is 33.1 Å². The molecule has 13 heavy (non-hydrogen) atoms. The van der Waals surface area contributed by atoms with Crippen LogP contribution in [-0.2, 0) is 0 Å². The predicted molar refractivity (Wildman–Crippen MR) is 52.0 cm³/mol. The van der Waals surface area contributed by atoms with Crippen LogP contribution >= 0.6 is 0 Å². The summed E-state index contributed by atoms with van der Waals surface area (Å²) in [6.45, 7) is 3.71. The molecule has 1 aromatic rings. The number of aryl methyl sites for hydroxylation is 1. The Hall–Kier alpha value is -1.33. The van der Waals surface area contributed by atoms with Crippen LogP contribution in [0.15, 0.2) is 18.5 Å². The highest BCUT2D eigenvalue weighted by Gasteiger charge is 2.07. The molecule has 1 unspecified atom stereocenters. The lowest BCUT2D eigenvalue weighted by Crippen LogP contribution is -1.99. The average molecular weight is 175 g/mol. The molecule has 0 radical (unpaired) electrons. The predicted octanol–water partition coefficient (Wildman–Crippen LogP) is 1.84. The van der Waals surface area contributed by atoms with Crippen molar-refractivity contribution in [2.75, 3.05) is 0 Å². The lowest BCUT2D eigenvalue weighted by Gasteiger charge is -2.09.